The van der Waals surface area contributed by atoms with E-state index in [2.05, 4.69) is 22.6 Å². The molecule has 1 atom stereocenters. The molecule has 3 aromatic carbocycles. The third kappa shape index (κ3) is 5.08. The Hall–Kier alpha value is -3.44. The average molecular weight is 669 g/mol. The van der Waals surface area contributed by atoms with Gasteiger partial charge in [-0.3, -0.25) is 9.36 Å². The number of esters is 1. The lowest BCUT2D eigenvalue weighted by Crippen LogP contribution is -2.40. The summed E-state index contributed by atoms with van der Waals surface area (Å²) in [5.74, 6) is 0.877. The van der Waals surface area contributed by atoms with Crippen molar-refractivity contribution in [1.82, 2.24) is 4.57 Å². The molecule has 1 aliphatic rings. The van der Waals surface area contributed by atoms with E-state index in [1.165, 1.54) is 11.3 Å². The van der Waals surface area contributed by atoms with Crippen LogP contribution in [0, 0.1) is 3.57 Å². The Bertz CT molecular complexity index is 1820. The van der Waals surface area contributed by atoms with Crippen LogP contribution in [-0.2, 0) is 9.53 Å². The Morgan fingerprint density at radius 3 is 2.52 bits per heavy atom. The molecule has 0 fully saturated rings. The first kappa shape index (κ1) is 28.1. The summed E-state index contributed by atoms with van der Waals surface area (Å²) in [6, 6.07) is 16.8. The van der Waals surface area contributed by atoms with E-state index < -0.39 is 12.0 Å². The van der Waals surface area contributed by atoms with E-state index in [1.807, 2.05) is 67.6 Å². The average Bonchev–Trinajstić information content (AvgIpc) is 3.26. The minimum Gasteiger partial charge on any atom is -0.496 e. The molecule has 206 valence electrons. The molecule has 7 nitrogen and oxygen atoms in total. The van der Waals surface area contributed by atoms with E-state index in [1.54, 1.807) is 25.7 Å². The van der Waals surface area contributed by atoms with Crippen LogP contribution in [0.2, 0.25) is 0 Å². The normalized spacial score (nSPS) is 15.1. The van der Waals surface area contributed by atoms with Gasteiger partial charge in [0.25, 0.3) is 5.56 Å². The number of carbonyl (C=O) groups excluding carboxylic acids is 1. The highest BCUT2D eigenvalue weighted by Gasteiger charge is 2.37. The SMILES string of the molecule is CCCC1=C(C(=O)OCC)C(c2c(OC)ccc3ccccc23)n2c(sc(=Cc3ccc(OC)c(I)c3)c2=O)=N1. The fourth-order valence-corrected chi connectivity index (χ4v) is 6.83. The molecule has 0 saturated carbocycles. The van der Waals surface area contributed by atoms with Crippen LogP contribution in [0.25, 0.3) is 16.8 Å². The van der Waals surface area contributed by atoms with Gasteiger partial charge in [0, 0.05) is 5.56 Å². The Kier molecular flexibility index (Phi) is 8.41. The Balaban J connectivity index is 1.85. The summed E-state index contributed by atoms with van der Waals surface area (Å²) in [6.45, 7) is 4.03. The number of aromatic nitrogens is 1. The van der Waals surface area contributed by atoms with E-state index in [-0.39, 0.29) is 12.2 Å². The number of benzene rings is 3. The molecular formula is C31H29IN2O5S. The molecule has 1 unspecified atom stereocenters. The van der Waals surface area contributed by atoms with Crippen molar-refractivity contribution < 1.29 is 19.0 Å². The number of thiazole rings is 1. The summed E-state index contributed by atoms with van der Waals surface area (Å²) >= 11 is 3.53. The first-order valence-corrected chi connectivity index (χ1v) is 14.9. The van der Waals surface area contributed by atoms with Crippen LogP contribution in [0.4, 0.5) is 0 Å². The second kappa shape index (κ2) is 12.0. The molecule has 5 rings (SSSR count). The lowest BCUT2D eigenvalue weighted by Gasteiger charge is -2.28. The van der Waals surface area contributed by atoms with E-state index >= 15 is 0 Å². The molecule has 0 N–H and O–H groups in total. The summed E-state index contributed by atoms with van der Waals surface area (Å²) in [5, 5.41) is 1.87. The number of fused-ring (bicyclic) bond motifs is 2. The maximum Gasteiger partial charge on any atom is 0.338 e. The largest absolute Gasteiger partial charge is 0.496 e. The minimum atomic E-state index is -0.768. The highest BCUT2D eigenvalue weighted by atomic mass is 127. The van der Waals surface area contributed by atoms with Crippen molar-refractivity contribution in [2.75, 3.05) is 20.8 Å². The minimum absolute atomic E-state index is 0.210. The number of ether oxygens (including phenoxy) is 3. The number of hydrogen-bond donors (Lipinski definition) is 0. The van der Waals surface area contributed by atoms with Gasteiger partial charge in [0.15, 0.2) is 4.80 Å². The van der Waals surface area contributed by atoms with Crippen molar-refractivity contribution in [1.29, 1.82) is 0 Å². The Morgan fingerprint density at radius 2 is 1.82 bits per heavy atom. The molecule has 0 saturated heterocycles. The molecule has 1 aromatic heterocycles. The van der Waals surface area contributed by atoms with Crippen LogP contribution in [-0.4, -0.2) is 31.4 Å². The van der Waals surface area contributed by atoms with Gasteiger partial charge in [-0.25, -0.2) is 9.79 Å². The second-order valence-corrected chi connectivity index (χ2v) is 11.4. The zero-order valence-corrected chi connectivity index (χ0v) is 25.7. The molecule has 9 heteroatoms. The van der Waals surface area contributed by atoms with E-state index in [4.69, 9.17) is 19.2 Å². The van der Waals surface area contributed by atoms with Gasteiger partial charge in [-0.15, -0.1) is 0 Å². The zero-order chi connectivity index (χ0) is 28.4. The Morgan fingerprint density at radius 1 is 1.07 bits per heavy atom. The summed E-state index contributed by atoms with van der Waals surface area (Å²) in [4.78, 5) is 33.2. The molecule has 0 aliphatic carbocycles. The molecule has 0 spiro atoms. The monoisotopic (exact) mass is 668 g/mol. The van der Waals surface area contributed by atoms with Crippen molar-refractivity contribution >= 4 is 56.7 Å². The predicted molar refractivity (Wildman–Crippen MR) is 166 cm³/mol. The fraction of sp³-hybridized carbons (Fsp3) is 0.258. The van der Waals surface area contributed by atoms with E-state index in [0.29, 0.717) is 32.8 Å². The highest BCUT2D eigenvalue weighted by molar-refractivity contribution is 14.1. The van der Waals surface area contributed by atoms with Crippen LogP contribution in [0.1, 0.15) is 43.9 Å². The van der Waals surface area contributed by atoms with Gasteiger partial charge in [-0.1, -0.05) is 61.1 Å². The van der Waals surface area contributed by atoms with Crippen LogP contribution >= 0.6 is 33.9 Å². The van der Waals surface area contributed by atoms with Gasteiger partial charge in [-0.2, -0.15) is 0 Å². The Labute approximate surface area is 249 Å². The third-order valence-electron chi connectivity index (χ3n) is 6.79. The predicted octanol–water partition coefficient (Wildman–Crippen LogP) is 5.35. The maximum atomic E-state index is 14.2. The smallest absolute Gasteiger partial charge is 0.338 e. The standard InChI is InChI=1S/C31H29IN2O5S/c1-5-9-22-27(30(36)39-6-2)28(26-20-11-8-7-10-19(20)13-15-24(26)38-4)34-29(35)25(40-31(34)33-22)17-18-12-14-23(37-3)21(32)16-18/h7-8,10-17,28H,5-6,9H2,1-4H3. The number of carbonyl (C=O) groups is 1. The summed E-state index contributed by atoms with van der Waals surface area (Å²) < 4.78 is 19.9. The van der Waals surface area contributed by atoms with Gasteiger partial charge >= 0.3 is 5.97 Å². The van der Waals surface area contributed by atoms with Crippen LogP contribution in [0.3, 0.4) is 0 Å². The van der Waals surface area contributed by atoms with Crippen LogP contribution in [0.15, 0.2) is 75.7 Å². The first-order valence-electron chi connectivity index (χ1n) is 13.0. The van der Waals surface area contributed by atoms with Crippen molar-refractivity contribution in [3.8, 4) is 11.5 Å². The topological polar surface area (TPSA) is 79.1 Å². The lowest BCUT2D eigenvalue weighted by molar-refractivity contribution is -0.139. The van der Waals surface area contributed by atoms with Crippen LogP contribution in [0.5, 0.6) is 11.5 Å². The number of nitrogens with zero attached hydrogens (tertiary/aromatic N) is 2. The summed E-state index contributed by atoms with van der Waals surface area (Å²) in [5.41, 5.74) is 2.38. The second-order valence-electron chi connectivity index (χ2n) is 9.21. The number of methoxy groups -OCH3 is 2. The van der Waals surface area contributed by atoms with Crippen molar-refractivity contribution in [3.05, 3.63) is 100 Å². The molecule has 1 aliphatic heterocycles. The zero-order valence-electron chi connectivity index (χ0n) is 22.7. The number of rotatable bonds is 8. The molecule has 0 bridgehead atoms. The maximum absolute atomic E-state index is 14.2. The van der Waals surface area contributed by atoms with Crippen molar-refractivity contribution in [3.63, 3.8) is 0 Å². The summed E-state index contributed by atoms with van der Waals surface area (Å²) in [6.07, 6.45) is 3.20. The van der Waals surface area contributed by atoms with Gasteiger partial charge in [0.2, 0.25) is 0 Å². The number of hydrogen-bond acceptors (Lipinski definition) is 7. The molecule has 4 aromatic rings. The van der Waals surface area contributed by atoms with Crippen LogP contribution < -0.4 is 24.4 Å². The van der Waals surface area contributed by atoms with E-state index in [0.717, 1.165) is 37.6 Å². The number of allylic oxidation sites excluding steroid dienone is 1. The first-order chi connectivity index (χ1) is 19.4. The summed E-state index contributed by atoms with van der Waals surface area (Å²) in [7, 11) is 3.23. The van der Waals surface area contributed by atoms with Gasteiger partial charge < -0.3 is 14.2 Å². The quantitative estimate of drug-likeness (QED) is 0.187. The molecular weight excluding hydrogens is 639 g/mol. The molecule has 2 heterocycles. The number of halogens is 1. The lowest BCUT2D eigenvalue weighted by atomic mass is 9.90. The molecule has 0 amide bonds. The van der Waals surface area contributed by atoms with Gasteiger partial charge in [-0.05, 0) is 76.5 Å². The molecule has 40 heavy (non-hydrogen) atoms. The van der Waals surface area contributed by atoms with Gasteiger partial charge in [0.05, 0.1) is 40.2 Å². The third-order valence-corrected chi connectivity index (χ3v) is 8.62. The fourth-order valence-electron chi connectivity index (χ4n) is 5.05. The van der Waals surface area contributed by atoms with Gasteiger partial charge in [0.1, 0.15) is 17.5 Å². The molecule has 0 radical (unpaired) electrons. The highest BCUT2D eigenvalue weighted by Crippen LogP contribution is 2.41. The van der Waals surface area contributed by atoms with Crippen molar-refractivity contribution in [2.45, 2.75) is 32.7 Å². The van der Waals surface area contributed by atoms with E-state index in [9.17, 15) is 9.59 Å². The van der Waals surface area contributed by atoms with Crippen molar-refractivity contribution in [2.24, 2.45) is 4.99 Å².